The lowest BCUT2D eigenvalue weighted by atomic mass is 10.1. The van der Waals surface area contributed by atoms with Crippen LogP contribution >= 0.6 is 0 Å². The van der Waals surface area contributed by atoms with Crippen LogP contribution in [-0.4, -0.2) is 16.0 Å². The third-order valence-corrected chi connectivity index (χ3v) is 1.53. The van der Waals surface area contributed by atoms with Gasteiger partial charge in [-0.25, -0.2) is 4.79 Å². The molecule has 1 rings (SSSR count). The standard InChI is InChI=1S/C7H3N3O4/c8-9-6-3-4(10(13)14)1-2-5(6)7(11)12/h1-3H/p+1. The molecule has 1 N–H and O–H groups in total. The molecule has 0 saturated carbocycles. The molecule has 0 spiro atoms. The Morgan fingerprint density at radius 2 is 2.21 bits per heavy atom. The lowest BCUT2D eigenvalue weighted by Gasteiger charge is -1.90. The first kappa shape index (κ1) is 9.60. The molecular weight excluding hydrogens is 190 g/mol. The van der Waals surface area contributed by atoms with Crippen LogP contribution in [0.2, 0.25) is 0 Å². The molecule has 1 aromatic carbocycles. The average Bonchev–Trinajstić information content (AvgIpc) is 2.16. The Bertz CT molecular complexity index is 449. The lowest BCUT2D eigenvalue weighted by molar-refractivity contribution is -0.384. The first-order valence-corrected chi connectivity index (χ1v) is 3.43. The van der Waals surface area contributed by atoms with Crippen molar-refractivity contribution < 1.29 is 14.8 Å². The molecule has 0 heterocycles. The van der Waals surface area contributed by atoms with Gasteiger partial charge in [0.05, 0.1) is 4.92 Å². The number of hydrogen-bond donors (Lipinski definition) is 1. The van der Waals surface area contributed by atoms with Crippen molar-refractivity contribution in [3.05, 3.63) is 38.9 Å². The SMILES string of the molecule is N#[N+]c1cc([N+](=O)[O-])ccc1C(=O)O. The molecule has 0 amide bonds. The second-order valence-electron chi connectivity index (χ2n) is 2.36. The van der Waals surface area contributed by atoms with Gasteiger partial charge in [0.1, 0.15) is 6.07 Å². The van der Waals surface area contributed by atoms with Crippen molar-refractivity contribution in [1.82, 2.24) is 0 Å². The Balaban J connectivity index is 3.34. The van der Waals surface area contributed by atoms with Gasteiger partial charge < -0.3 is 5.11 Å². The van der Waals surface area contributed by atoms with E-state index in [0.717, 1.165) is 18.2 Å². The van der Waals surface area contributed by atoms with Crippen LogP contribution in [0.25, 0.3) is 4.98 Å². The Labute approximate surface area is 77.4 Å². The van der Waals surface area contributed by atoms with Gasteiger partial charge in [0, 0.05) is 6.07 Å². The molecule has 0 aromatic heterocycles. The Hall–Kier alpha value is -2.49. The predicted octanol–water partition coefficient (Wildman–Crippen LogP) is 1.78. The van der Waals surface area contributed by atoms with Crippen molar-refractivity contribution in [1.29, 1.82) is 5.39 Å². The number of carbonyl (C=O) groups is 1. The maximum Gasteiger partial charge on any atom is 0.406 e. The van der Waals surface area contributed by atoms with E-state index in [2.05, 4.69) is 4.98 Å². The third-order valence-electron chi connectivity index (χ3n) is 1.53. The van der Waals surface area contributed by atoms with Gasteiger partial charge in [-0.1, -0.05) is 0 Å². The van der Waals surface area contributed by atoms with Crippen LogP contribution in [0.5, 0.6) is 0 Å². The first-order chi connectivity index (χ1) is 6.56. The second kappa shape index (κ2) is 3.49. The summed E-state index contributed by atoms with van der Waals surface area (Å²) in [5.41, 5.74) is -0.965. The van der Waals surface area contributed by atoms with Crippen LogP contribution in [0.3, 0.4) is 0 Å². The van der Waals surface area contributed by atoms with E-state index in [9.17, 15) is 14.9 Å². The Morgan fingerprint density at radius 3 is 2.64 bits per heavy atom. The Kier molecular flexibility index (Phi) is 2.39. The highest BCUT2D eigenvalue weighted by Crippen LogP contribution is 2.24. The molecule has 0 aliphatic carbocycles. The number of aromatic carboxylic acids is 1. The number of non-ortho nitro benzene ring substituents is 1. The molecule has 14 heavy (non-hydrogen) atoms. The number of carboxylic acids is 1. The zero-order valence-electron chi connectivity index (χ0n) is 6.75. The van der Waals surface area contributed by atoms with E-state index in [-0.39, 0.29) is 16.9 Å². The highest BCUT2D eigenvalue weighted by molar-refractivity contribution is 5.94. The van der Waals surface area contributed by atoms with Crippen LogP contribution < -0.4 is 0 Å². The quantitative estimate of drug-likeness (QED) is 0.438. The third kappa shape index (κ3) is 1.64. The molecule has 0 bridgehead atoms. The molecular formula is C7H4N3O4+. The van der Waals surface area contributed by atoms with Gasteiger partial charge in [0.25, 0.3) is 5.69 Å². The van der Waals surface area contributed by atoms with E-state index >= 15 is 0 Å². The zero-order valence-corrected chi connectivity index (χ0v) is 6.75. The summed E-state index contributed by atoms with van der Waals surface area (Å²) >= 11 is 0. The van der Waals surface area contributed by atoms with Crippen molar-refractivity contribution in [2.45, 2.75) is 0 Å². The summed E-state index contributed by atoms with van der Waals surface area (Å²) in [7, 11) is 0. The average molecular weight is 194 g/mol. The summed E-state index contributed by atoms with van der Waals surface area (Å²) in [4.78, 5) is 22.7. The summed E-state index contributed by atoms with van der Waals surface area (Å²) in [5.74, 6) is -1.31. The van der Waals surface area contributed by atoms with Gasteiger partial charge >= 0.3 is 11.7 Å². The largest absolute Gasteiger partial charge is 0.477 e. The number of hydrogen-bond acceptors (Lipinski definition) is 4. The van der Waals surface area contributed by atoms with Crippen LogP contribution in [0, 0.1) is 15.5 Å². The molecule has 0 unspecified atom stereocenters. The number of diazo groups is 1. The molecule has 70 valence electrons. The number of nitrogens with zero attached hydrogens (tertiary/aromatic N) is 3. The molecule has 0 aliphatic heterocycles. The minimum atomic E-state index is -1.31. The maximum absolute atomic E-state index is 10.5. The lowest BCUT2D eigenvalue weighted by Crippen LogP contribution is -1.97. The number of nitro benzene ring substituents is 1. The molecule has 1 aromatic rings. The van der Waals surface area contributed by atoms with E-state index in [1.54, 1.807) is 0 Å². The van der Waals surface area contributed by atoms with Gasteiger partial charge in [-0.3, -0.25) is 10.1 Å². The number of benzene rings is 1. The van der Waals surface area contributed by atoms with Crippen molar-refractivity contribution in [2.75, 3.05) is 0 Å². The van der Waals surface area contributed by atoms with Crippen molar-refractivity contribution in [3.8, 4) is 0 Å². The van der Waals surface area contributed by atoms with Gasteiger partial charge in [0.15, 0.2) is 10.5 Å². The second-order valence-corrected chi connectivity index (χ2v) is 2.36. The fourth-order valence-electron chi connectivity index (χ4n) is 0.897. The predicted molar refractivity (Wildman–Crippen MR) is 44.8 cm³/mol. The van der Waals surface area contributed by atoms with E-state index in [4.69, 9.17) is 10.5 Å². The molecule has 0 aliphatic rings. The first-order valence-electron chi connectivity index (χ1n) is 3.43. The highest BCUT2D eigenvalue weighted by Gasteiger charge is 2.23. The molecule has 0 atom stereocenters. The minimum Gasteiger partial charge on any atom is -0.477 e. The normalized spacial score (nSPS) is 9.07. The molecule has 7 heteroatoms. The van der Waals surface area contributed by atoms with Crippen LogP contribution in [-0.2, 0) is 0 Å². The molecule has 0 fully saturated rings. The summed E-state index contributed by atoms with van der Waals surface area (Å²) in [6.45, 7) is 0. The van der Waals surface area contributed by atoms with E-state index in [0.29, 0.717) is 0 Å². The van der Waals surface area contributed by atoms with Gasteiger partial charge in [0.2, 0.25) is 5.39 Å². The topological polar surface area (TPSA) is 109 Å². The highest BCUT2D eigenvalue weighted by atomic mass is 16.6. The van der Waals surface area contributed by atoms with Crippen LogP contribution in [0.15, 0.2) is 18.2 Å². The van der Waals surface area contributed by atoms with E-state index in [1.807, 2.05) is 0 Å². The van der Waals surface area contributed by atoms with Gasteiger partial charge in [-0.05, 0) is 6.07 Å². The molecule has 0 radical (unpaired) electrons. The number of nitro groups is 1. The number of carboxylic acid groups (broad SMARTS) is 1. The zero-order chi connectivity index (χ0) is 10.7. The molecule has 0 saturated heterocycles. The summed E-state index contributed by atoms with van der Waals surface area (Å²) in [6, 6.07) is 2.91. The van der Waals surface area contributed by atoms with E-state index < -0.39 is 10.9 Å². The van der Waals surface area contributed by atoms with Crippen molar-refractivity contribution in [2.24, 2.45) is 0 Å². The van der Waals surface area contributed by atoms with Crippen LogP contribution in [0.4, 0.5) is 11.4 Å². The van der Waals surface area contributed by atoms with E-state index in [1.165, 1.54) is 0 Å². The summed E-state index contributed by atoms with van der Waals surface area (Å²) < 4.78 is 0. The maximum atomic E-state index is 10.5. The fraction of sp³-hybridized carbons (Fsp3) is 0. The summed E-state index contributed by atoms with van der Waals surface area (Å²) in [6.07, 6.45) is 0. The van der Waals surface area contributed by atoms with Crippen LogP contribution in [0.1, 0.15) is 10.4 Å². The smallest absolute Gasteiger partial charge is 0.406 e. The minimum absolute atomic E-state index is 0.293. The van der Waals surface area contributed by atoms with Gasteiger partial charge in [-0.2, -0.15) is 0 Å². The molecule has 7 nitrogen and oxygen atoms in total. The summed E-state index contributed by atoms with van der Waals surface area (Å²) in [5, 5.41) is 27.3. The fourth-order valence-corrected chi connectivity index (χ4v) is 0.897. The van der Waals surface area contributed by atoms with Crippen molar-refractivity contribution in [3.63, 3.8) is 0 Å². The van der Waals surface area contributed by atoms with Gasteiger partial charge in [-0.15, -0.1) is 0 Å². The Morgan fingerprint density at radius 1 is 1.57 bits per heavy atom. The number of rotatable bonds is 2. The monoisotopic (exact) mass is 194 g/mol. The van der Waals surface area contributed by atoms with Crippen molar-refractivity contribution >= 4 is 17.3 Å².